The first-order valence-corrected chi connectivity index (χ1v) is 8.27. The lowest BCUT2D eigenvalue weighted by Gasteiger charge is -2.21. The Morgan fingerprint density at radius 3 is 2.39 bits per heavy atom. The van der Waals surface area contributed by atoms with E-state index in [2.05, 4.69) is 19.2 Å². The van der Waals surface area contributed by atoms with Gasteiger partial charge in [-0.25, -0.2) is 8.42 Å². The normalized spacial score (nSPS) is 17.8. The Hall–Kier alpha value is -1.03. The topological polar surface area (TPSA) is 46.2 Å². The average Bonchev–Trinajstić information content (AvgIpc) is 3.06. The Morgan fingerprint density at radius 1 is 1.28 bits per heavy atom. The van der Waals surface area contributed by atoms with Gasteiger partial charge in [0.25, 0.3) is 0 Å². The van der Waals surface area contributed by atoms with Gasteiger partial charge in [-0.1, -0.05) is 26.0 Å². The van der Waals surface area contributed by atoms with Crippen LogP contribution >= 0.6 is 0 Å². The Balaban J connectivity index is 2.16. The van der Waals surface area contributed by atoms with Crippen LogP contribution < -0.4 is 5.32 Å². The predicted molar refractivity (Wildman–Crippen MR) is 74.5 cm³/mol. The molecule has 2 rings (SSSR count). The van der Waals surface area contributed by atoms with Crippen LogP contribution in [0.5, 0.6) is 0 Å². The zero-order valence-electron chi connectivity index (χ0n) is 11.2. The molecule has 4 heteroatoms. The molecule has 0 atom stereocenters. The molecule has 0 heterocycles. The fourth-order valence-electron chi connectivity index (χ4n) is 2.33. The summed E-state index contributed by atoms with van der Waals surface area (Å²) in [5.41, 5.74) is 1.09. The quantitative estimate of drug-likeness (QED) is 0.892. The molecule has 100 valence electrons. The van der Waals surface area contributed by atoms with Gasteiger partial charge in [-0.05, 0) is 36.3 Å². The highest BCUT2D eigenvalue weighted by Gasteiger charge is 2.45. The highest BCUT2D eigenvalue weighted by Crippen LogP contribution is 2.51. The van der Waals surface area contributed by atoms with Crippen molar-refractivity contribution in [2.24, 2.45) is 11.3 Å². The lowest BCUT2D eigenvalue weighted by Crippen LogP contribution is -2.21. The molecule has 1 aliphatic carbocycles. The van der Waals surface area contributed by atoms with E-state index in [0.29, 0.717) is 16.2 Å². The largest absolute Gasteiger partial charge is 0.383 e. The number of nitrogens with one attached hydrogen (secondary N) is 1. The molecule has 0 bridgehead atoms. The van der Waals surface area contributed by atoms with E-state index in [1.54, 1.807) is 12.1 Å². The van der Waals surface area contributed by atoms with Crippen LogP contribution in [0.15, 0.2) is 29.2 Å². The van der Waals surface area contributed by atoms with Gasteiger partial charge in [0, 0.05) is 12.8 Å². The third-order valence-corrected chi connectivity index (χ3v) is 5.19. The van der Waals surface area contributed by atoms with Crippen LogP contribution in [0.1, 0.15) is 26.7 Å². The molecule has 1 aromatic rings. The van der Waals surface area contributed by atoms with Crippen LogP contribution in [0.3, 0.4) is 0 Å². The van der Waals surface area contributed by atoms with Crippen LogP contribution in [0, 0.1) is 11.3 Å². The van der Waals surface area contributed by atoms with E-state index < -0.39 is 9.84 Å². The van der Waals surface area contributed by atoms with E-state index in [-0.39, 0.29) is 0 Å². The van der Waals surface area contributed by atoms with Crippen molar-refractivity contribution in [2.75, 3.05) is 18.1 Å². The molecule has 0 unspecified atom stereocenters. The second-order valence-electron chi connectivity index (χ2n) is 5.64. The first kappa shape index (κ1) is 13.4. The Bertz CT molecular complexity index is 530. The standard InChI is InChI=1S/C14H21NO2S/c1-11(2)14(8-9-14)10-15-12-6-4-5-7-13(12)18(3,16)17/h4-7,11,15H,8-10H2,1-3H3. The monoisotopic (exact) mass is 267 g/mol. The summed E-state index contributed by atoms with van der Waals surface area (Å²) in [6.45, 7) is 5.32. The number of hydrogen-bond donors (Lipinski definition) is 1. The second kappa shape index (κ2) is 4.57. The molecular formula is C14H21NO2S. The number of sulfone groups is 1. The molecule has 0 radical (unpaired) electrons. The molecule has 1 aliphatic rings. The Labute approximate surface area is 110 Å². The third kappa shape index (κ3) is 2.69. The van der Waals surface area contributed by atoms with Crippen molar-refractivity contribution in [1.82, 2.24) is 0 Å². The summed E-state index contributed by atoms with van der Waals surface area (Å²) in [5.74, 6) is 0.635. The minimum atomic E-state index is -3.16. The minimum Gasteiger partial charge on any atom is -0.383 e. The van der Waals surface area contributed by atoms with Crippen molar-refractivity contribution in [3.05, 3.63) is 24.3 Å². The summed E-state index contributed by atoms with van der Waals surface area (Å²) >= 11 is 0. The molecule has 0 spiro atoms. The SMILES string of the molecule is CC(C)C1(CNc2ccccc2S(C)(=O)=O)CC1. The van der Waals surface area contributed by atoms with Crippen molar-refractivity contribution in [1.29, 1.82) is 0 Å². The van der Waals surface area contributed by atoms with E-state index in [9.17, 15) is 8.42 Å². The molecule has 1 saturated carbocycles. The van der Waals surface area contributed by atoms with Crippen LogP contribution in [0.25, 0.3) is 0 Å². The van der Waals surface area contributed by atoms with Gasteiger partial charge in [0.05, 0.1) is 10.6 Å². The molecule has 1 fully saturated rings. The maximum atomic E-state index is 11.7. The molecular weight excluding hydrogens is 246 g/mol. The average molecular weight is 267 g/mol. The summed E-state index contributed by atoms with van der Waals surface area (Å²) in [4.78, 5) is 0.393. The van der Waals surface area contributed by atoms with Gasteiger partial charge >= 0.3 is 0 Å². The third-order valence-electron chi connectivity index (χ3n) is 4.03. The molecule has 0 aromatic heterocycles. The molecule has 1 N–H and O–H groups in total. The Kier molecular flexibility index (Phi) is 3.41. The molecule has 0 amide bonds. The number of rotatable bonds is 5. The van der Waals surface area contributed by atoms with E-state index in [1.165, 1.54) is 19.1 Å². The fourth-order valence-corrected chi connectivity index (χ4v) is 3.19. The van der Waals surface area contributed by atoms with Gasteiger partial charge < -0.3 is 5.32 Å². The summed E-state index contributed by atoms with van der Waals surface area (Å²) in [6, 6.07) is 7.13. The predicted octanol–water partition coefficient (Wildman–Crippen LogP) is 2.94. The Morgan fingerprint density at radius 2 is 1.89 bits per heavy atom. The number of hydrogen-bond acceptors (Lipinski definition) is 3. The van der Waals surface area contributed by atoms with Crippen LogP contribution in [-0.2, 0) is 9.84 Å². The summed E-state index contributed by atoms with van der Waals surface area (Å²) < 4.78 is 23.4. The minimum absolute atomic E-state index is 0.366. The van der Waals surface area contributed by atoms with Crippen molar-refractivity contribution in [2.45, 2.75) is 31.6 Å². The van der Waals surface area contributed by atoms with Crippen molar-refractivity contribution >= 4 is 15.5 Å². The molecule has 0 saturated heterocycles. The summed E-state index contributed by atoms with van der Waals surface area (Å²) in [5, 5.41) is 3.32. The maximum Gasteiger partial charge on any atom is 0.177 e. The molecule has 18 heavy (non-hydrogen) atoms. The zero-order valence-corrected chi connectivity index (χ0v) is 12.0. The van der Waals surface area contributed by atoms with Crippen molar-refractivity contribution in [3.63, 3.8) is 0 Å². The van der Waals surface area contributed by atoms with Gasteiger partial charge in [-0.2, -0.15) is 0 Å². The smallest absolute Gasteiger partial charge is 0.177 e. The van der Waals surface area contributed by atoms with Gasteiger partial charge in [0.15, 0.2) is 9.84 Å². The lowest BCUT2D eigenvalue weighted by atomic mass is 9.92. The van der Waals surface area contributed by atoms with Gasteiger partial charge in [0.2, 0.25) is 0 Å². The van der Waals surface area contributed by atoms with E-state index in [1.807, 2.05) is 12.1 Å². The van der Waals surface area contributed by atoms with Gasteiger partial charge in [-0.3, -0.25) is 0 Å². The molecule has 1 aromatic carbocycles. The fraction of sp³-hybridized carbons (Fsp3) is 0.571. The van der Waals surface area contributed by atoms with E-state index in [4.69, 9.17) is 0 Å². The molecule has 0 aliphatic heterocycles. The van der Waals surface area contributed by atoms with Crippen LogP contribution in [0.4, 0.5) is 5.69 Å². The maximum absolute atomic E-state index is 11.7. The number of benzene rings is 1. The van der Waals surface area contributed by atoms with Crippen LogP contribution in [-0.4, -0.2) is 21.2 Å². The summed E-state index contributed by atoms with van der Waals surface area (Å²) in [6.07, 6.45) is 3.72. The van der Waals surface area contributed by atoms with Crippen molar-refractivity contribution < 1.29 is 8.42 Å². The first-order valence-electron chi connectivity index (χ1n) is 6.38. The molecule has 3 nitrogen and oxygen atoms in total. The summed E-state index contributed by atoms with van der Waals surface area (Å²) in [7, 11) is -3.16. The van der Waals surface area contributed by atoms with Gasteiger partial charge in [-0.15, -0.1) is 0 Å². The van der Waals surface area contributed by atoms with Gasteiger partial charge in [0.1, 0.15) is 0 Å². The second-order valence-corrected chi connectivity index (χ2v) is 7.62. The number of anilines is 1. The highest BCUT2D eigenvalue weighted by molar-refractivity contribution is 7.90. The zero-order chi connectivity index (χ0) is 13.4. The highest BCUT2D eigenvalue weighted by atomic mass is 32.2. The van der Waals surface area contributed by atoms with E-state index in [0.717, 1.165) is 12.2 Å². The lowest BCUT2D eigenvalue weighted by molar-refractivity contribution is 0.380. The van der Waals surface area contributed by atoms with Crippen molar-refractivity contribution in [3.8, 4) is 0 Å². The van der Waals surface area contributed by atoms with E-state index >= 15 is 0 Å². The first-order chi connectivity index (χ1) is 8.35. The van der Waals surface area contributed by atoms with Crippen LogP contribution in [0.2, 0.25) is 0 Å². The number of para-hydroxylation sites is 1.